The Morgan fingerprint density at radius 3 is 2.42 bits per heavy atom. The van der Waals surface area contributed by atoms with Gasteiger partial charge in [-0.3, -0.25) is 0 Å². The van der Waals surface area contributed by atoms with Crippen LogP contribution in [-0.2, 0) is 0 Å². The average Bonchev–Trinajstić information content (AvgIpc) is 2.09. The molecule has 12 heavy (non-hydrogen) atoms. The van der Waals surface area contributed by atoms with Crippen molar-refractivity contribution in [1.82, 2.24) is 0 Å². The van der Waals surface area contributed by atoms with Gasteiger partial charge in [-0.25, -0.2) is 0 Å². The summed E-state index contributed by atoms with van der Waals surface area (Å²) in [5.74, 6) is 0. The van der Waals surface area contributed by atoms with Crippen LogP contribution in [0.5, 0.6) is 0 Å². The first-order chi connectivity index (χ1) is 5.81. The molecule has 0 bridgehead atoms. The Labute approximate surface area is 82.0 Å². The first-order valence-corrected chi connectivity index (χ1v) is 5.53. The number of hydrogen-bond donors (Lipinski definition) is 0. The Balaban J connectivity index is 3.24. The summed E-state index contributed by atoms with van der Waals surface area (Å²) in [5.41, 5.74) is 0. The number of halogens is 1. The van der Waals surface area contributed by atoms with Crippen molar-refractivity contribution in [2.24, 2.45) is 0 Å². The maximum Gasteiger partial charge on any atom is 0.0141 e. The fourth-order valence-electron chi connectivity index (χ4n) is 1.12. The van der Waals surface area contributed by atoms with Crippen LogP contribution in [0, 0.1) is 0 Å². The lowest BCUT2D eigenvalue weighted by atomic mass is 10.1. The third-order valence-electron chi connectivity index (χ3n) is 1.92. The van der Waals surface area contributed by atoms with E-state index in [0.29, 0.717) is 0 Å². The molecule has 0 aliphatic rings. The predicted molar refractivity (Wildman–Crippen MR) is 57.6 cm³/mol. The van der Waals surface area contributed by atoms with Gasteiger partial charge in [0.25, 0.3) is 0 Å². The van der Waals surface area contributed by atoms with Crippen LogP contribution in [0.1, 0.15) is 58.8 Å². The normalized spacial score (nSPS) is 12.1. The lowest BCUT2D eigenvalue weighted by Gasteiger charge is -1.98. The van der Waals surface area contributed by atoms with Gasteiger partial charge in [0, 0.05) is 5.03 Å². The second-order valence-corrected chi connectivity index (χ2v) is 3.74. The second kappa shape index (κ2) is 9.12. The Morgan fingerprint density at radius 2 is 1.83 bits per heavy atom. The van der Waals surface area contributed by atoms with Crippen LogP contribution >= 0.6 is 11.6 Å². The summed E-state index contributed by atoms with van der Waals surface area (Å²) in [5, 5.41) is 1.06. The van der Waals surface area contributed by atoms with Crippen molar-refractivity contribution in [3.8, 4) is 0 Å². The lowest BCUT2D eigenvalue weighted by Crippen LogP contribution is -1.78. The summed E-state index contributed by atoms with van der Waals surface area (Å²) in [6.07, 6.45) is 10.8. The van der Waals surface area contributed by atoms with Gasteiger partial charge in [0.1, 0.15) is 0 Å². The van der Waals surface area contributed by atoms with Gasteiger partial charge in [-0.05, 0) is 19.3 Å². The number of rotatable bonds is 7. The molecule has 1 heteroatoms. The molecule has 0 unspecified atom stereocenters. The van der Waals surface area contributed by atoms with Gasteiger partial charge in [0.15, 0.2) is 0 Å². The highest BCUT2D eigenvalue weighted by Gasteiger charge is 1.92. The van der Waals surface area contributed by atoms with Crippen LogP contribution < -0.4 is 0 Å². The van der Waals surface area contributed by atoms with E-state index in [-0.39, 0.29) is 0 Å². The smallest absolute Gasteiger partial charge is 0.0141 e. The molecule has 0 radical (unpaired) electrons. The van der Waals surface area contributed by atoms with Gasteiger partial charge >= 0.3 is 0 Å². The highest BCUT2D eigenvalue weighted by atomic mass is 35.5. The lowest BCUT2D eigenvalue weighted by molar-refractivity contribution is 0.670. The maximum atomic E-state index is 6.00. The molecule has 0 amide bonds. The summed E-state index contributed by atoms with van der Waals surface area (Å²) >= 11 is 6.00. The highest BCUT2D eigenvalue weighted by Crippen LogP contribution is 2.14. The zero-order chi connectivity index (χ0) is 9.23. The topological polar surface area (TPSA) is 0 Å². The fourth-order valence-corrected chi connectivity index (χ4v) is 1.37. The SMILES string of the molecule is CCC/C=C(\Cl)CCCCCC. The van der Waals surface area contributed by atoms with Crippen LogP contribution in [0.2, 0.25) is 0 Å². The van der Waals surface area contributed by atoms with Gasteiger partial charge < -0.3 is 0 Å². The molecule has 0 spiro atoms. The zero-order valence-corrected chi connectivity index (χ0v) is 9.16. The first kappa shape index (κ1) is 12.0. The molecule has 0 fully saturated rings. The van der Waals surface area contributed by atoms with E-state index in [9.17, 15) is 0 Å². The molecule has 0 heterocycles. The molecule has 0 N–H and O–H groups in total. The fraction of sp³-hybridized carbons (Fsp3) is 0.818. The van der Waals surface area contributed by atoms with Crippen molar-refractivity contribution in [1.29, 1.82) is 0 Å². The van der Waals surface area contributed by atoms with Gasteiger partial charge in [0.05, 0.1) is 0 Å². The molecule has 0 aromatic heterocycles. The zero-order valence-electron chi connectivity index (χ0n) is 8.41. The largest absolute Gasteiger partial charge is 0.0895 e. The first-order valence-electron chi connectivity index (χ1n) is 5.15. The summed E-state index contributed by atoms with van der Waals surface area (Å²) in [6.45, 7) is 4.41. The number of unbranched alkanes of at least 4 members (excludes halogenated alkanes) is 4. The van der Waals surface area contributed by atoms with E-state index in [1.807, 2.05) is 0 Å². The summed E-state index contributed by atoms with van der Waals surface area (Å²) in [7, 11) is 0. The molecule has 0 rings (SSSR count). The van der Waals surface area contributed by atoms with Crippen molar-refractivity contribution < 1.29 is 0 Å². The molecule has 0 aliphatic heterocycles. The molecule has 72 valence electrons. The van der Waals surface area contributed by atoms with Crippen molar-refractivity contribution in [3.05, 3.63) is 11.1 Å². The van der Waals surface area contributed by atoms with E-state index in [1.54, 1.807) is 0 Å². The van der Waals surface area contributed by atoms with E-state index in [2.05, 4.69) is 19.9 Å². The molecular weight excluding hydrogens is 168 g/mol. The van der Waals surface area contributed by atoms with Crippen molar-refractivity contribution in [2.75, 3.05) is 0 Å². The molecule has 0 saturated carbocycles. The second-order valence-electron chi connectivity index (χ2n) is 3.25. The van der Waals surface area contributed by atoms with Crippen LogP contribution in [-0.4, -0.2) is 0 Å². The highest BCUT2D eigenvalue weighted by molar-refractivity contribution is 6.29. The summed E-state index contributed by atoms with van der Waals surface area (Å²) in [6, 6.07) is 0. The van der Waals surface area contributed by atoms with Crippen LogP contribution in [0.25, 0.3) is 0 Å². The Bertz CT molecular complexity index is 116. The van der Waals surface area contributed by atoms with E-state index in [0.717, 1.165) is 17.9 Å². The molecule has 0 saturated heterocycles. The molecule has 0 aliphatic carbocycles. The predicted octanol–water partition coefficient (Wildman–Crippen LogP) is 4.88. The third kappa shape index (κ3) is 8.13. The maximum absolute atomic E-state index is 6.00. The third-order valence-corrected chi connectivity index (χ3v) is 2.27. The van der Waals surface area contributed by atoms with Crippen LogP contribution in [0.3, 0.4) is 0 Å². The van der Waals surface area contributed by atoms with E-state index in [4.69, 9.17) is 11.6 Å². The van der Waals surface area contributed by atoms with Crippen molar-refractivity contribution >= 4 is 11.6 Å². The van der Waals surface area contributed by atoms with E-state index >= 15 is 0 Å². The standard InChI is InChI=1S/C11H21Cl/c1-3-5-7-8-10-11(12)9-6-4-2/h9H,3-8,10H2,1-2H3/b11-9-. The van der Waals surface area contributed by atoms with E-state index in [1.165, 1.54) is 32.1 Å². The summed E-state index contributed by atoms with van der Waals surface area (Å²) in [4.78, 5) is 0. The monoisotopic (exact) mass is 188 g/mol. The Morgan fingerprint density at radius 1 is 1.08 bits per heavy atom. The minimum atomic E-state index is 1.06. The van der Waals surface area contributed by atoms with Crippen molar-refractivity contribution in [3.63, 3.8) is 0 Å². The van der Waals surface area contributed by atoms with Gasteiger partial charge in [0.2, 0.25) is 0 Å². The molecule has 0 aromatic rings. The minimum absolute atomic E-state index is 1.06. The van der Waals surface area contributed by atoms with Crippen molar-refractivity contribution in [2.45, 2.75) is 58.8 Å². The number of hydrogen-bond acceptors (Lipinski definition) is 0. The minimum Gasteiger partial charge on any atom is -0.0895 e. The average molecular weight is 189 g/mol. The molecule has 0 aromatic carbocycles. The Kier molecular flexibility index (Phi) is 9.14. The molecule has 0 nitrogen and oxygen atoms in total. The summed E-state index contributed by atoms with van der Waals surface area (Å²) < 4.78 is 0. The van der Waals surface area contributed by atoms with Gasteiger partial charge in [-0.15, -0.1) is 0 Å². The Hall–Kier alpha value is 0.0300. The van der Waals surface area contributed by atoms with Crippen LogP contribution in [0.4, 0.5) is 0 Å². The number of allylic oxidation sites excluding steroid dienone is 2. The molecular formula is C11H21Cl. The van der Waals surface area contributed by atoms with Gasteiger partial charge in [-0.1, -0.05) is 57.2 Å². The van der Waals surface area contributed by atoms with Gasteiger partial charge in [-0.2, -0.15) is 0 Å². The molecule has 0 atom stereocenters. The van der Waals surface area contributed by atoms with Crippen LogP contribution in [0.15, 0.2) is 11.1 Å². The quantitative estimate of drug-likeness (QED) is 0.500. The van der Waals surface area contributed by atoms with E-state index < -0.39 is 0 Å².